The zero-order valence-electron chi connectivity index (χ0n) is 23.3. The van der Waals surface area contributed by atoms with Crippen LogP contribution in [-0.4, -0.2) is 50.5 Å². The second kappa shape index (κ2) is 13.9. The fourth-order valence-electron chi connectivity index (χ4n) is 4.53. The first-order valence-corrected chi connectivity index (χ1v) is 15.1. The van der Waals surface area contributed by atoms with Gasteiger partial charge in [-0.25, -0.2) is 8.42 Å². The van der Waals surface area contributed by atoms with E-state index in [1.807, 2.05) is 87.5 Å². The molecule has 0 saturated carbocycles. The van der Waals surface area contributed by atoms with Gasteiger partial charge in [0, 0.05) is 32.5 Å². The molecule has 3 aromatic carbocycles. The third kappa shape index (κ3) is 8.68. The Labute approximate surface area is 232 Å². The minimum Gasteiger partial charge on any atom is -0.355 e. The number of nitrogens with one attached hydrogen (secondary N) is 1. The standard InChI is InChI=1S/C31H39N3O4S/c1-5-32-31(36)29(22-26-13-7-6-8-14-26)33(23-27-15-10-9-12-25(27)3)30(35)16-11-21-34(39(4,37)38)28-19-17-24(2)18-20-28/h6-10,12-15,17-20,29H,5,11,16,21-23H2,1-4H3,(H,32,36)/t29-/m0/s1. The van der Waals surface area contributed by atoms with Crippen LogP contribution in [0.3, 0.4) is 0 Å². The van der Waals surface area contributed by atoms with Gasteiger partial charge in [0.25, 0.3) is 0 Å². The second-order valence-electron chi connectivity index (χ2n) is 9.82. The summed E-state index contributed by atoms with van der Waals surface area (Å²) in [6.07, 6.45) is 1.97. The summed E-state index contributed by atoms with van der Waals surface area (Å²) in [7, 11) is -3.54. The van der Waals surface area contributed by atoms with Crippen LogP contribution in [0.2, 0.25) is 0 Å². The second-order valence-corrected chi connectivity index (χ2v) is 11.7. The molecule has 39 heavy (non-hydrogen) atoms. The van der Waals surface area contributed by atoms with E-state index in [2.05, 4.69) is 5.32 Å². The van der Waals surface area contributed by atoms with Gasteiger partial charge in [-0.05, 0) is 56.0 Å². The van der Waals surface area contributed by atoms with Crippen molar-refractivity contribution in [3.8, 4) is 0 Å². The Morgan fingerprint density at radius 3 is 2.15 bits per heavy atom. The van der Waals surface area contributed by atoms with Gasteiger partial charge in [-0.1, -0.05) is 72.3 Å². The first kappa shape index (κ1) is 29.9. The first-order chi connectivity index (χ1) is 18.6. The first-order valence-electron chi connectivity index (χ1n) is 13.3. The third-order valence-electron chi connectivity index (χ3n) is 6.70. The van der Waals surface area contributed by atoms with Crippen LogP contribution < -0.4 is 9.62 Å². The molecule has 2 amide bonds. The monoisotopic (exact) mass is 549 g/mol. The molecule has 0 heterocycles. The number of likely N-dealkylation sites (N-methyl/N-ethyl adjacent to an activating group) is 1. The van der Waals surface area contributed by atoms with E-state index in [-0.39, 0.29) is 31.3 Å². The van der Waals surface area contributed by atoms with E-state index < -0.39 is 16.1 Å². The summed E-state index contributed by atoms with van der Waals surface area (Å²) in [5.41, 5.74) is 4.55. The zero-order valence-corrected chi connectivity index (χ0v) is 24.1. The highest BCUT2D eigenvalue weighted by atomic mass is 32.2. The van der Waals surface area contributed by atoms with Crippen molar-refractivity contribution in [1.82, 2.24) is 10.2 Å². The lowest BCUT2D eigenvalue weighted by Crippen LogP contribution is -2.50. The number of carbonyl (C=O) groups excluding carboxylic acids is 2. The molecule has 0 aliphatic heterocycles. The molecule has 0 aliphatic carbocycles. The van der Waals surface area contributed by atoms with Gasteiger partial charge in [0.05, 0.1) is 11.9 Å². The highest BCUT2D eigenvalue weighted by Gasteiger charge is 2.30. The maximum atomic E-state index is 13.8. The average molecular weight is 550 g/mol. The maximum absolute atomic E-state index is 13.8. The molecule has 3 rings (SSSR count). The van der Waals surface area contributed by atoms with Gasteiger partial charge in [-0.15, -0.1) is 0 Å². The molecular weight excluding hydrogens is 510 g/mol. The van der Waals surface area contributed by atoms with Gasteiger partial charge in [0.15, 0.2) is 0 Å². The molecule has 1 atom stereocenters. The Morgan fingerprint density at radius 2 is 1.54 bits per heavy atom. The molecule has 0 aliphatic rings. The van der Waals surface area contributed by atoms with Crippen molar-refractivity contribution in [3.05, 3.63) is 101 Å². The predicted molar refractivity (Wildman–Crippen MR) is 157 cm³/mol. The van der Waals surface area contributed by atoms with Crippen molar-refractivity contribution in [2.75, 3.05) is 23.7 Å². The third-order valence-corrected chi connectivity index (χ3v) is 7.89. The van der Waals surface area contributed by atoms with Crippen LogP contribution in [0.4, 0.5) is 5.69 Å². The van der Waals surface area contributed by atoms with E-state index in [1.54, 1.807) is 17.0 Å². The lowest BCUT2D eigenvalue weighted by Gasteiger charge is -2.32. The number of hydrogen-bond donors (Lipinski definition) is 1. The van der Waals surface area contributed by atoms with Crippen LogP contribution in [0.1, 0.15) is 42.0 Å². The number of aryl methyl sites for hydroxylation is 2. The molecule has 208 valence electrons. The van der Waals surface area contributed by atoms with Gasteiger partial charge in [-0.3, -0.25) is 13.9 Å². The van der Waals surface area contributed by atoms with Gasteiger partial charge < -0.3 is 10.2 Å². The SMILES string of the molecule is CCNC(=O)[C@H](Cc1ccccc1)N(Cc1ccccc1C)C(=O)CCCN(c1ccc(C)cc1)S(C)(=O)=O. The summed E-state index contributed by atoms with van der Waals surface area (Å²) in [6, 6.07) is 24.1. The number of rotatable bonds is 13. The van der Waals surface area contributed by atoms with E-state index >= 15 is 0 Å². The lowest BCUT2D eigenvalue weighted by molar-refractivity contribution is -0.141. The minimum atomic E-state index is -3.54. The summed E-state index contributed by atoms with van der Waals surface area (Å²) in [6.45, 7) is 6.69. The van der Waals surface area contributed by atoms with Crippen LogP contribution >= 0.6 is 0 Å². The molecule has 0 spiro atoms. The molecule has 8 heteroatoms. The molecule has 0 aromatic heterocycles. The highest BCUT2D eigenvalue weighted by Crippen LogP contribution is 2.21. The van der Waals surface area contributed by atoms with Crippen molar-refractivity contribution in [1.29, 1.82) is 0 Å². The topological polar surface area (TPSA) is 86.8 Å². The number of hydrogen-bond acceptors (Lipinski definition) is 4. The van der Waals surface area contributed by atoms with Gasteiger partial charge in [0.1, 0.15) is 6.04 Å². The average Bonchev–Trinajstić information content (AvgIpc) is 2.90. The van der Waals surface area contributed by atoms with Crippen molar-refractivity contribution in [3.63, 3.8) is 0 Å². The molecule has 7 nitrogen and oxygen atoms in total. The Balaban J connectivity index is 1.86. The normalized spacial score (nSPS) is 12.0. The van der Waals surface area contributed by atoms with E-state index in [1.165, 1.54) is 10.6 Å². The molecule has 0 saturated heterocycles. The highest BCUT2D eigenvalue weighted by molar-refractivity contribution is 7.92. The van der Waals surface area contributed by atoms with Crippen molar-refractivity contribution < 1.29 is 18.0 Å². The summed E-state index contributed by atoms with van der Waals surface area (Å²) in [4.78, 5) is 28.7. The number of carbonyl (C=O) groups is 2. The van der Waals surface area contributed by atoms with Gasteiger partial charge >= 0.3 is 0 Å². The Bertz CT molecular complexity index is 1340. The fourth-order valence-corrected chi connectivity index (χ4v) is 5.50. The number of anilines is 1. The summed E-state index contributed by atoms with van der Waals surface area (Å²) >= 11 is 0. The summed E-state index contributed by atoms with van der Waals surface area (Å²) in [5.74, 6) is -0.400. The molecule has 0 bridgehead atoms. The largest absolute Gasteiger partial charge is 0.355 e. The van der Waals surface area contributed by atoms with E-state index in [9.17, 15) is 18.0 Å². The van der Waals surface area contributed by atoms with Crippen LogP contribution in [0.25, 0.3) is 0 Å². The number of amides is 2. The van der Waals surface area contributed by atoms with Crippen LogP contribution in [0, 0.1) is 13.8 Å². The zero-order chi connectivity index (χ0) is 28.4. The Morgan fingerprint density at radius 1 is 0.897 bits per heavy atom. The maximum Gasteiger partial charge on any atom is 0.243 e. The molecule has 3 aromatic rings. The molecule has 1 N–H and O–H groups in total. The molecule has 0 unspecified atom stereocenters. The summed E-state index contributed by atoms with van der Waals surface area (Å²) in [5, 5.41) is 2.90. The Kier molecular flexibility index (Phi) is 10.7. The van der Waals surface area contributed by atoms with Crippen LogP contribution in [-0.2, 0) is 32.6 Å². The minimum absolute atomic E-state index is 0.106. The number of nitrogens with zero attached hydrogens (tertiary/aromatic N) is 2. The van der Waals surface area contributed by atoms with Gasteiger partial charge in [0.2, 0.25) is 21.8 Å². The van der Waals surface area contributed by atoms with E-state index in [4.69, 9.17) is 0 Å². The van der Waals surface area contributed by atoms with Crippen molar-refractivity contribution in [2.45, 2.75) is 52.6 Å². The molecule has 0 radical (unpaired) electrons. The smallest absolute Gasteiger partial charge is 0.243 e. The lowest BCUT2D eigenvalue weighted by atomic mass is 10.0. The Hall–Kier alpha value is -3.65. The van der Waals surface area contributed by atoms with E-state index in [0.717, 1.165) is 22.3 Å². The van der Waals surface area contributed by atoms with Crippen LogP contribution in [0.15, 0.2) is 78.9 Å². The van der Waals surface area contributed by atoms with E-state index in [0.29, 0.717) is 25.1 Å². The summed E-state index contributed by atoms with van der Waals surface area (Å²) < 4.78 is 26.4. The van der Waals surface area contributed by atoms with Gasteiger partial charge in [-0.2, -0.15) is 0 Å². The molecule has 0 fully saturated rings. The van der Waals surface area contributed by atoms with Crippen molar-refractivity contribution in [2.24, 2.45) is 0 Å². The van der Waals surface area contributed by atoms with Crippen LogP contribution in [0.5, 0.6) is 0 Å². The number of benzene rings is 3. The fraction of sp³-hybridized carbons (Fsp3) is 0.355. The van der Waals surface area contributed by atoms with Crippen molar-refractivity contribution >= 4 is 27.5 Å². The number of sulfonamides is 1. The predicted octanol–water partition coefficient (Wildman–Crippen LogP) is 4.63. The quantitative estimate of drug-likeness (QED) is 0.337. The molecular formula is C31H39N3O4S.